The van der Waals surface area contributed by atoms with E-state index in [4.69, 9.17) is 10.5 Å². The molecule has 104 valence electrons. The predicted octanol–water partition coefficient (Wildman–Crippen LogP) is 4.69. The minimum atomic E-state index is 0.643. The van der Waals surface area contributed by atoms with E-state index in [0.717, 1.165) is 22.3 Å². The quantitative estimate of drug-likeness (QED) is 0.750. The fraction of sp³-hybridized carbons (Fsp3) is 0.100. The third-order valence-electron chi connectivity index (χ3n) is 3.33. The molecule has 0 spiro atoms. The highest BCUT2D eigenvalue weighted by Gasteiger charge is 1.96. The highest BCUT2D eigenvalue weighted by atomic mass is 14.2. The zero-order valence-electron chi connectivity index (χ0n) is 12.5. The van der Waals surface area contributed by atoms with Crippen molar-refractivity contribution in [3.05, 3.63) is 82.2 Å². The minimum absolute atomic E-state index is 0.643. The number of hydrogen-bond donors (Lipinski definition) is 0. The van der Waals surface area contributed by atoms with Crippen LogP contribution < -0.4 is 0 Å². The number of rotatable bonds is 2. The van der Waals surface area contributed by atoms with E-state index < -0.39 is 0 Å². The molecule has 0 saturated carbocycles. The third kappa shape index (κ3) is 3.63. The van der Waals surface area contributed by atoms with Gasteiger partial charge in [0.1, 0.15) is 0 Å². The first kappa shape index (κ1) is 15.1. The molecule has 0 bridgehead atoms. The van der Waals surface area contributed by atoms with Gasteiger partial charge in [0.2, 0.25) is 0 Å². The normalized spacial score (nSPS) is 8.91. The largest absolute Gasteiger partial charge is 0.192 e. The smallest absolute Gasteiger partial charge is 0.0991 e. The lowest BCUT2D eigenvalue weighted by Gasteiger charge is -1.98. The first-order chi connectivity index (χ1) is 10.6. The Morgan fingerprint density at radius 1 is 0.636 bits per heavy atom. The van der Waals surface area contributed by atoms with Crippen LogP contribution in [0, 0.1) is 22.7 Å². The lowest BCUT2D eigenvalue weighted by atomic mass is 10.0. The van der Waals surface area contributed by atoms with Gasteiger partial charge in [0.05, 0.1) is 23.3 Å². The molecule has 0 aliphatic rings. The summed E-state index contributed by atoms with van der Waals surface area (Å²) in [6.45, 7) is 3.92. The molecule has 2 nitrogen and oxygen atoms in total. The fourth-order valence-electron chi connectivity index (χ4n) is 1.92. The molecule has 2 aromatic carbocycles. The zero-order valence-corrected chi connectivity index (χ0v) is 12.5. The van der Waals surface area contributed by atoms with Crippen LogP contribution in [-0.4, -0.2) is 0 Å². The number of nitrogens with zero attached hydrogens (tertiary/aromatic N) is 2. The second-order valence-corrected chi connectivity index (χ2v) is 4.88. The van der Waals surface area contributed by atoms with E-state index in [0.29, 0.717) is 11.1 Å². The van der Waals surface area contributed by atoms with Crippen molar-refractivity contribution in [2.45, 2.75) is 13.8 Å². The van der Waals surface area contributed by atoms with Gasteiger partial charge in [-0.15, -0.1) is 0 Å². The Bertz CT molecular complexity index is 782. The van der Waals surface area contributed by atoms with Crippen LogP contribution >= 0.6 is 0 Å². The maximum atomic E-state index is 8.80. The summed E-state index contributed by atoms with van der Waals surface area (Å²) in [5.41, 5.74) is 11.5. The minimum Gasteiger partial charge on any atom is -0.192 e. The van der Waals surface area contributed by atoms with E-state index in [-0.39, 0.29) is 0 Å². The van der Waals surface area contributed by atoms with Crippen molar-refractivity contribution in [3.8, 4) is 12.1 Å². The molecule has 0 unspecified atom stereocenters. The summed E-state index contributed by atoms with van der Waals surface area (Å²) in [7, 11) is 0. The Balaban J connectivity index is 2.36. The van der Waals surface area contributed by atoms with Gasteiger partial charge in [-0.1, -0.05) is 35.7 Å². The Labute approximate surface area is 130 Å². The lowest BCUT2D eigenvalue weighted by Crippen LogP contribution is -1.80. The molecule has 0 heterocycles. The van der Waals surface area contributed by atoms with Crippen LogP contribution in [0.4, 0.5) is 0 Å². The SMILES string of the molecule is CC(=C=C=C(C)c1ccc(C#N)cc1)c1ccc(C#N)cc1. The van der Waals surface area contributed by atoms with Crippen molar-refractivity contribution >= 4 is 11.1 Å². The van der Waals surface area contributed by atoms with Gasteiger partial charge in [-0.05, 0) is 49.2 Å². The fourth-order valence-corrected chi connectivity index (χ4v) is 1.92. The van der Waals surface area contributed by atoms with Crippen LogP contribution in [0.5, 0.6) is 0 Å². The van der Waals surface area contributed by atoms with E-state index in [2.05, 4.69) is 23.6 Å². The zero-order chi connectivity index (χ0) is 15.9. The van der Waals surface area contributed by atoms with E-state index in [1.165, 1.54) is 0 Å². The van der Waals surface area contributed by atoms with Gasteiger partial charge in [-0.3, -0.25) is 0 Å². The van der Waals surface area contributed by atoms with Gasteiger partial charge in [0, 0.05) is 11.1 Å². The molecule has 0 aromatic heterocycles. The Morgan fingerprint density at radius 3 is 1.23 bits per heavy atom. The molecule has 0 atom stereocenters. The molecule has 0 aliphatic heterocycles. The average molecular weight is 282 g/mol. The van der Waals surface area contributed by atoms with Crippen molar-refractivity contribution in [2.75, 3.05) is 0 Å². The average Bonchev–Trinajstić information content (AvgIpc) is 2.59. The molecule has 0 amide bonds. The van der Waals surface area contributed by atoms with Gasteiger partial charge in [-0.2, -0.15) is 10.5 Å². The van der Waals surface area contributed by atoms with E-state index in [1.54, 1.807) is 24.3 Å². The number of benzene rings is 2. The Morgan fingerprint density at radius 2 is 0.955 bits per heavy atom. The van der Waals surface area contributed by atoms with Crippen LogP contribution in [-0.2, 0) is 0 Å². The van der Waals surface area contributed by atoms with Gasteiger partial charge in [0.15, 0.2) is 0 Å². The van der Waals surface area contributed by atoms with Crippen molar-refractivity contribution < 1.29 is 0 Å². The molecule has 0 N–H and O–H groups in total. The molecule has 0 radical (unpaired) electrons. The van der Waals surface area contributed by atoms with Crippen LogP contribution in [0.15, 0.2) is 60.0 Å². The van der Waals surface area contributed by atoms with E-state index in [1.807, 2.05) is 38.1 Å². The summed E-state index contributed by atoms with van der Waals surface area (Å²) in [5.74, 6) is 0. The van der Waals surface area contributed by atoms with Crippen LogP contribution in [0.3, 0.4) is 0 Å². The van der Waals surface area contributed by atoms with E-state index in [9.17, 15) is 0 Å². The second kappa shape index (κ2) is 6.94. The van der Waals surface area contributed by atoms with Crippen LogP contribution in [0.2, 0.25) is 0 Å². The van der Waals surface area contributed by atoms with E-state index >= 15 is 0 Å². The monoisotopic (exact) mass is 282 g/mol. The topological polar surface area (TPSA) is 47.6 Å². The summed E-state index contributed by atoms with van der Waals surface area (Å²) < 4.78 is 0. The van der Waals surface area contributed by atoms with Gasteiger partial charge < -0.3 is 0 Å². The Hall–Kier alpha value is -3.28. The molecule has 0 saturated heterocycles. The molecule has 0 aliphatic carbocycles. The summed E-state index contributed by atoms with van der Waals surface area (Å²) in [4.78, 5) is 0. The summed E-state index contributed by atoms with van der Waals surface area (Å²) in [6, 6.07) is 19.0. The first-order valence-corrected chi connectivity index (χ1v) is 6.84. The van der Waals surface area contributed by atoms with Gasteiger partial charge in [0.25, 0.3) is 0 Å². The lowest BCUT2D eigenvalue weighted by molar-refractivity contribution is 1.47. The van der Waals surface area contributed by atoms with Crippen molar-refractivity contribution in [2.24, 2.45) is 0 Å². The first-order valence-electron chi connectivity index (χ1n) is 6.84. The second-order valence-electron chi connectivity index (χ2n) is 4.88. The van der Waals surface area contributed by atoms with Crippen LogP contribution in [0.25, 0.3) is 11.1 Å². The maximum absolute atomic E-state index is 8.80. The highest BCUT2D eigenvalue weighted by Crippen LogP contribution is 2.15. The molecular weight excluding hydrogens is 268 g/mol. The molecular formula is C20H14N2. The number of nitriles is 2. The third-order valence-corrected chi connectivity index (χ3v) is 3.33. The molecule has 2 aromatic rings. The van der Waals surface area contributed by atoms with Gasteiger partial charge in [-0.25, -0.2) is 0 Å². The number of hydrogen-bond acceptors (Lipinski definition) is 2. The summed E-state index contributed by atoms with van der Waals surface area (Å²) >= 11 is 0. The molecule has 2 heteroatoms. The maximum Gasteiger partial charge on any atom is 0.0991 e. The van der Waals surface area contributed by atoms with Crippen molar-refractivity contribution in [1.29, 1.82) is 10.5 Å². The van der Waals surface area contributed by atoms with Crippen molar-refractivity contribution in [3.63, 3.8) is 0 Å². The molecule has 22 heavy (non-hydrogen) atoms. The van der Waals surface area contributed by atoms with Crippen LogP contribution in [0.1, 0.15) is 36.1 Å². The summed E-state index contributed by atoms with van der Waals surface area (Å²) in [5, 5.41) is 17.6. The molecule has 0 fully saturated rings. The molecule has 2 rings (SSSR count). The standard InChI is InChI=1S/C20H14N2/c1-15(19-9-5-17(13-21)6-10-19)3-4-16(2)20-11-7-18(14-22)8-12-20/h5-12H,1-2H3. The van der Waals surface area contributed by atoms with Gasteiger partial charge >= 0.3 is 0 Å². The summed E-state index contributed by atoms with van der Waals surface area (Å²) in [6.07, 6.45) is 0. The Kier molecular flexibility index (Phi) is 4.77. The highest BCUT2D eigenvalue weighted by molar-refractivity contribution is 5.67. The van der Waals surface area contributed by atoms with Crippen molar-refractivity contribution in [1.82, 2.24) is 0 Å². The predicted molar refractivity (Wildman–Crippen MR) is 87.5 cm³/mol. The number of allylic oxidation sites excluding steroid dienone is 2.